The monoisotopic (exact) mass is 475 g/mol. The predicted molar refractivity (Wildman–Crippen MR) is 132 cm³/mol. The van der Waals surface area contributed by atoms with Crippen LogP contribution in [0.25, 0.3) is 16.9 Å². The van der Waals surface area contributed by atoms with E-state index in [0.29, 0.717) is 41.5 Å². The Morgan fingerprint density at radius 1 is 1.26 bits per heavy atom. The number of nitrogens with one attached hydrogen (secondary N) is 2. The second-order valence-corrected chi connectivity index (χ2v) is 9.60. The first kappa shape index (κ1) is 24.0. The number of hydrogen-bond acceptors (Lipinski definition) is 7. The molecule has 4 rings (SSSR count). The van der Waals surface area contributed by atoms with Gasteiger partial charge in [-0.3, -0.25) is 4.79 Å². The number of likely N-dealkylation sites (tertiary alicyclic amines) is 1. The maximum absolute atomic E-state index is 12.6. The predicted octanol–water partition coefficient (Wildman–Crippen LogP) is 4.04. The molecule has 0 bridgehead atoms. The highest BCUT2D eigenvalue weighted by Gasteiger charge is 2.28. The van der Waals surface area contributed by atoms with Gasteiger partial charge in [-0.05, 0) is 45.7 Å². The number of nitriles is 1. The SMILES string of the molecule is CC(=O)Nc1cccc(-c2cc(N[C@H]3CCCN(C(=O)OC(C)(C)C)C3)n3ncc(C#N)c3n2)c1. The zero-order valence-electron chi connectivity index (χ0n) is 20.3. The minimum Gasteiger partial charge on any atom is -0.444 e. The summed E-state index contributed by atoms with van der Waals surface area (Å²) >= 11 is 0. The number of benzene rings is 1. The summed E-state index contributed by atoms with van der Waals surface area (Å²) in [5.41, 5.74) is 2.29. The fourth-order valence-corrected chi connectivity index (χ4v) is 4.05. The summed E-state index contributed by atoms with van der Waals surface area (Å²) in [4.78, 5) is 30.5. The van der Waals surface area contributed by atoms with Crippen LogP contribution in [0.1, 0.15) is 46.1 Å². The lowest BCUT2D eigenvalue weighted by Gasteiger charge is -2.34. The molecule has 0 aliphatic carbocycles. The summed E-state index contributed by atoms with van der Waals surface area (Å²) in [6.45, 7) is 8.13. The van der Waals surface area contributed by atoms with Crippen molar-refractivity contribution in [2.24, 2.45) is 0 Å². The molecule has 10 nitrogen and oxygen atoms in total. The summed E-state index contributed by atoms with van der Waals surface area (Å²) < 4.78 is 7.15. The Kier molecular flexibility index (Phi) is 6.60. The first-order valence-corrected chi connectivity index (χ1v) is 11.5. The van der Waals surface area contributed by atoms with Gasteiger partial charge in [-0.1, -0.05) is 12.1 Å². The van der Waals surface area contributed by atoms with Gasteiger partial charge in [0.2, 0.25) is 5.91 Å². The van der Waals surface area contributed by atoms with Crippen LogP contribution in [0.15, 0.2) is 36.5 Å². The van der Waals surface area contributed by atoms with Gasteiger partial charge < -0.3 is 20.3 Å². The van der Waals surface area contributed by atoms with E-state index >= 15 is 0 Å². The maximum atomic E-state index is 12.6. The number of amides is 2. The minimum atomic E-state index is -0.557. The Labute approximate surface area is 203 Å². The van der Waals surface area contributed by atoms with Gasteiger partial charge in [0.05, 0.1) is 11.9 Å². The quantitative estimate of drug-likeness (QED) is 0.583. The van der Waals surface area contributed by atoms with Crippen molar-refractivity contribution in [1.29, 1.82) is 5.26 Å². The normalized spacial score (nSPS) is 16.0. The highest BCUT2D eigenvalue weighted by atomic mass is 16.6. The van der Waals surface area contributed by atoms with Crippen molar-refractivity contribution < 1.29 is 14.3 Å². The summed E-state index contributed by atoms with van der Waals surface area (Å²) in [5, 5.41) is 20.2. The molecule has 1 aromatic carbocycles. The van der Waals surface area contributed by atoms with Crippen LogP contribution in [0.2, 0.25) is 0 Å². The van der Waals surface area contributed by atoms with Gasteiger partial charge >= 0.3 is 6.09 Å². The zero-order valence-corrected chi connectivity index (χ0v) is 20.3. The number of rotatable bonds is 4. The van der Waals surface area contributed by atoms with E-state index < -0.39 is 5.60 Å². The molecular weight excluding hydrogens is 446 g/mol. The third-order valence-corrected chi connectivity index (χ3v) is 5.50. The van der Waals surface area contributed by atoms with Crippen LogP contribution < -0.4 is 10.6 Å². The van der Waals surface area contributed by atoms with Crippen molar-refractivity contribution in [2.45, 2.75) is 52.2 Å². The van der Waals surface area contributed by atoms with Gasteiger partial charge in [0.1, 0.15) is 23.1 Å². The van der Waals surface area contributed by atoms with Gasteiger partial charge in [0.25, 0.3) is 0 Å². The fourth-order valence-electron chi connectivity index (χ4n) is 4.05. The summed E-state index contributed by atoms with van der Waals surface area (Å²) in [6, 6.07) is 11.3. The summed E-state index contributed by atoms with van der Waals surface area (Å²) in [5.74, 6) is 0.495. The average molecular weight is 476 g/mol. The van der Waals surface area contributed by atoms with Gasteiger partial charge in [-0.15, -0.1) is 0 Å². The zero-order chi connectivity index (χ0) is 25.2. The molecule has 35 heavy (non-hydrogen) atoms. The molecular formula is C25H29N7O3. The Balaban J connectivity index is 1.65. The third kappa shape index (κ3) is 5.69. The summed E-state index contributed by atoms with van der Waals surface area (Å²) in [7, 11) is 0. The number of carbonyl (C=O) groups excluding carboxylic acids is 2. The van der Waals surface area contributed by atoms with Crippen LogP contribution in [-0.2, 0) is 9.53 Å². The Morgan fingerprint density at radius 3 is 2.77 bits per heavy atom. The molecule has 3 heterocycles. The lowest BCUT2D eigenvalue weighted by atomic mass is 10.1. The number of aromatic nitrogens is 3. The van der Waals surface area contributed by atoms with E-state index in [2.05, 4.69) is 26.8 Å². The molecule has 0 unspecified atom stereocenters. The van der Waals surface area contributed by atoms with Gasteiger partial charge in [0.15, 0.2) is 5.65 Å². The van der Waals surface area contributed by atoms with Gasteiger partial charge in [-0.2, -0.15) is 14.9 Å². The average Bonchev–Trinajstić information content (AvgIpc) is 3.21. The van der Waals surface area contributed by atoms with Crippen LogP contribution in [0.4, 0.5) is 16.3 Å². The fraction of sp³-hybridized carbons (Fsp3) is 0.400. The second kappa shape index (κ2) is 9.62. The number of hydrogen-bond donors (Lipinski definition) is 2. The van der Waals surface area contributed by atoms with Crippen LogP contribution in [0.5, 0.6) is 0 Å². The third-order valence-electron chi connectivity index (χ3n) is 5.50. The standard InChI is InChI=1S/C25H29N7O3/c1-16(33)28-19-8-5-7-17(11-19)21-12-22(32-23(30-21)18(13-26)14-27-32)29-20-9-6-10-31(15-20)24(34)35-25(2,3)4/h5,7-8,11-12,14,20,29H,6,9-10,15H2,1-4H3,(H,28,33)/t20-/m0/s1. The molecule has 0 spiro atoms. The smallest absolute Gasteiger partial charge is 0.410 e. The topological polar surface area (TPSA) is 125 Å². The van der Waals surface area contributed by atoms with Crippen LogP contribution in [-0.4, -0.2) is 56.2 Å². The van der Waals surface area contributed by atoms with Crippen LogP contribution in [0.3, 0.4) is 0 Å². The first-order chi connectivity index (χ1) is 16.6. The van der Waals surface area contributed by atoms with Gasteiger partial charge in [0, 0.05) is 43.4 Å². The molecule has 10 heteroatoms. The largest absolute Gasteiger partial charge is 0.444 e. The van der Waals surface area contributed by atoms with E-state index in [1.54, 1.807) is 15.5 Å². The molecule has 0 radical (unpaired) electrons. The van der Waals surface area contributed by atoms with Crippen molar-refractivity contribution in [3.05, 3.63) is 42.1 Å². The Hall–Kier alpha value is -4.13. The second-order valence-electron chi connectivity index (χ2n) is 9.60. The Bertz CT molecular complexity index is 1300. The molecule has 2 N–H and O–H groups in total. The molecule has 1 saturated heterocycles. The number of fused-ring (bicyclic) bond motifs is 1. The summed E-state index contributed by atoms with van der Waals surface area (Å²) in [6.07, 6.45) is 2.85. The lowest BCUT2D eigenvalue weighted by Crippen LogP contribution is -2.47. The molecule has 182 valence electrons. The molecule has 3 aromatic rings. The van der Waals surface area contributed by atoms with Crippen molar-refractivity contribution in [1.82, 2.24) is 19.5 Å². The molecule has 1 aliphatic rings. The molecule has 1 aliphatic heterocycles. The van der Waals surface area contributed by atoms with E-state index in [0.717, 1.165) is 18.4 Å². The van der Waals surface area contributed by atoms with Crippen molar-refractivity contribution in [3.8, 4) is 17.3 Å². The number of anilines is 2. The number of ether oxygens (including phenoxy) is 1. The molecule has 2 amide bonds. The molecule has 1 atom stereocenters. The minimum absolute atomic E-state index is 0.0323. The van der Waals surface area contributed by atoms with E-state index in [1.165, 1.54) is 13.1 Å². The van der Waals surface area contributed by atoms with E-state index in [9.17, 15) is 14.9 Å². The highest BCUT2D eigenvalue weighted by molar-refractivity contribution is 5.89. The molecule has 2 aromatic heterocycles. The lowest BCUT2D eigenvalue weighted by molar-refractivity contribution is -0.114. The van der Waals surface area contributed by atoms with E-state index in [1.807, 2.05) is 45.0 Å². The number of piperidine rings is 1. The van der Waals surface area contributed by atoms with Crippen LogP contribution in [0, 0.1) is 11.3 Å². The highest BCUT2D eigenvalue weighted by Crippen LogP contribution is 2.27. The first-order valence-electron chi connectivity index (χ1n) is 11.5. The van der Waals surface area contributed by atoms with E-state index in [-0.39, 0.29) is 18.0 Å². The Morgan fingerprint density at radius 2 is 2.06 bits per heavy atom. The van der Waals surface area contributed by atoms with Gasteiger partial charge in [-0.25, -0.2) is 9.78 Å². The molecule has 0 saturated carbocycles. The molecule has 1 fully saturated rings. The van der Waals surface area contributed by atoms with Crippen LogP contribution >= 0.6 is 0 Å². The van der Waals surface area contributed by atoms with Crippen molar-refractivity contribution >= 4 is 29.2 Å². The van der Waals surface area contributed by atoms with E-state index in [4.69, 9.17) is 4.74 Å². The number of carbonyl (C=O) groups is 2. The van der Waals surface area contributed by atoms with Crippen molar-refractivity contribution in [2.75, 3.05) is 23.7 Å². The number of nitrogens with zero attached hydrogens (tertiary/aromatic N) is 5. The maximum Gasteiger partial charge on any atom is 0.410 e. The van der Waals surface area contributed by atoms with Crippen molar-refractivity contribution in [3.63, 3.8) is 0 Å².